The molecule has 0 aromatic heterocycles. The van der Waals surface area contributed by atoms with Crippen LogP contribution in [0.3, 0.4) is 0 Å². The van der Waals surface area contributed by atoms with Crippen molar-refractivity contribution >= 4 is 22.9 Å². The molecule has 0 N–H and O–H groups in total. The van der Waals surface area contributed by atoms with E-state index < -0.39 is 27.2 Å². The van der Waals surface area contributed by atoms with E-state index in [1.165, 1.54) is 18.2 Å². The molecule has 0 unspecified atom stereocenters. The molecule has 0 radical (unpaired) electrons. The highest BCUT2D eigenvalue weighted by molar-refractivity contribution is 6.11. The monoisotopic (exact) mass is 418 g/mol. The topological polar surface area (TPSA) is 141 Å². The number of nitriles is 1. The van der Waals surface area contributed by atoms with Crippen molar-refractivity contribution in [3.05, 3.63) is 84.4 Å². The molecule has 1 aliphatic carbocycles. The van der Waals surface area contributed by atoms with Crippen LogP contribution in [0.15, 0.2) is 36.0 Å². The number of allylic oxidation sites excluding steroid dienone is 1. The number of non-ortho nitro benzene ring substituents is 2. The predicted octanol–water partition coefficient (Wildman–Crippen LogP) is 4.64. The molecule has 0 saturated carbocycles. The SMILES string of the molecule is [C-]#[N+]/C(C#N)=C1\c2cc([N+](=O)[O-])ccc2-c2c(C(=O)OCCCC)cc([N+](=O)[O-])cc21. The summed E-state index contributed by atoms with van der Waals surface area (Å²) in [6, 6.07) is 7.77. The first-order valence-corrected chi connectivity index (χ1v) is 9.15. The van der Waals surface area contributed by atoms with Crippen LogP contribution in [0.1, 0.15) is 41.3 Å². The third kappa shape index (κ3) is 3.70. The molecule has 0 aliphatic heterocycles. The van der Waals surface area contributed by atoms with Gasteiger partial charge < -0.3 is 4.74 Å². The predicted molar refractivity (Wildman–Crippen MR) is 109 cm³/mol. The molecule has 31 heavy (non-hydrogen) atoms. The zero-order valence-electron chi connectivity index (χ0n) is 16.2. The number of rotatable bonds is 6. The van der Waals surface area contributed by atoms with Crippen molar-refractivity contribution in [1.82, 2.24) is 0 Å². The summed E-state index contributed by atoms with van der Waals surface area (Å²) in [5.74, 6) is -0.791. The highest BCUT2D eigenvalue weighted by Crippen LogP contribution is 2.50. The number of benzene rings is 2. The summed E-state index contributed by atoms with van der Waals surface area (Å²) in [5, 5.41) is 32.2. The molecule has 0 fully saturated rings. The van der Waals surface area contributed by atoms with Crippen molar-refractivity contribution in [2.24, 2.45) is 0 Å². The van der Waals surface area contributed by atoms with Crippen LogP contribution in [-0.4, -0.2) is 22.4 Å². The van der Waals surface area contributed by atoms with Crippen LogP contribution in [0.5, 0.6) is 0 Å². The molecule has 2 aromatic carbocycles. The Morgan fingerprint density at radius 3 is 2.39 bits per heavy atom. The van der Waals surface area contributed by atoms with Crippen molar-refractivity contribution in [3.8, 4) is 17.2 Å². The number of carbonyl (C=O) groups is 1. The molecular weight excluding hydrogens is 404 g/mol. The fourth-order valence-electron chi connectivity index (χ4n) is 3.38. The molecule has 1 aliphatic rings. The lowest BCUT2D eigenvalue weighted by Gasteiger charge is -2.10. The van der Waals surface area contributed by atoms with Crippen LogP contribution in [0.2, 0.25) is 0 Å². The van der Waals surface area contributed by atoms with E-state index in [-0.39, 0.29) is 40.1 Å². The second kappa shape index (κ2) is 8.43. The van der Waals surface area contributed by atoms with Crippen LogP contribution in [0.25, 0.3) is 21.5 Å². The molecule has 0 heterocycles. The van der Waals surface area contributed by atoms with Crippen molar-refractivity contribution in [2.45, 2.75) is 19.8 Å². The molecule has 3 rings (SSSR count). The summed E-state index contributed by atoms with van der Waals surface area (Å²) in [5.41, 5.74) is -0.320. The van der Waals surface area contributed by atoms with Crippen molar-refractivity contribution in [2.75, 3.05) is 6.61 Å². The fourth-order valence-corrected chi connectivity index (χ4v) is 3.38. The second-order valence-corrected chi connectivity index (χ2v) is 6.60. The standard InChI is InChI=1S/C21H14N4O6/c1-3-4-7-31-21(26)17-10-13(25(29)30)9-16-19(17)14-6-5-12(24(27)28)8-15(14)20(16)18(11-22)23-2/h5-6,8-10H,3-4,7H2,1H3/b20-18+. The van der Waals surface area contributed by atoms with Crippen LogP contribution < -0.4 is 0 Å². The Morgan fingerprint density at radius 1 is 1.13 bits per heavy atom. The molecule has 154 valence electrons. The van der Waals surface area contributed by atoms with E-state index in [9.17, 15) is 30.3 Å². The van der Waals surface area contributed by atoms with Crippen LogP contribution in [0, 0.1) is 38.1 Å². The largest absolute Gasteiger partial charge is 0.462 e. The van der Waals surface area contributed by atoms with E-state index in [1.54, 1.807) is 6.07 Å². The summed E-state index contributed by atoms with van der Waals surface area (Å²) < 4.78 is 5.24. The van der Waals surface area contributed by atoms with E-state index in [4.69, 9.17) is 11.3 Å². The average Bonchev–Trinajstić information content (AvgIpc) is 3.07. The molecule has 2 aromatic rings. The maximum atomic E-state index is 12.8. The Morgan fingerprint density at radius 2 is 1.81 bits per heavy atom. The van der Waals surface area contributed by atoms with Gasteiger partial charge in [-0.25, -0.2) is 14.9 Å². The molecule has 0 saturated heterocycles. The molecular formula is C21H14N4O6. The van der Waals surface area contributed by atoms with Gasteiger partial charge in [0.1, 0.15) is 0 Å². The lowest BCUT2D eigenvalue weighted by atomic mass is 9.97. The van der Waals surface area contributed by atoms with Gasteiger partial charge in [0.25, 0.3) is 17.1 Å². The summed E-state index contributed by atoms with van der Waals surface area (Å²) in [6.07, 6.45) is 1.38. The Bertz CT molecular complexity index is 1230. The minimum atomic E-state index is -0.791. The van der Waals surface area contributed by atoms with E-state index in [2.05, 4.69) is 4.85 Å². The summed E-state index contributed by atoms with van der Waals surface area (Å²) in [6.45, 7) is 9.35. The number of esters is 1. The quantitative estimate of drug-likeness (QED) is 0.142. The summed E-state index contributed by atoms with van der Waals surface area (Å²) >= 11 is 0. The van der Waals surface area contributed by atoms with Crippen LogP contribution in [-0.2, 0) is 4.74 Å². The Balaban J connectivity index is 2.38. The maximum Gasteiger partial charge on any atom is 0.339 e. The Hall–Kier alpha value is -4.57. The number of unbranched alkanes of at least 4 members (excludes halogenated alkanes) is 1. The number of nitro groups is 2. The van der Waals surface area contributed by atoms with Gasteiger partial charge in [-0.05, 0) is 29.2 Å². The lowest BCUT2D eigenvalue weighted by Crippen LogP contribution is -2.09. The smallest absolute Gasteiger partial charge is 0.339 e. The van der Waals surface area contributed by atoms with Gasteiger partial charge in [0.05, 0.1) is 34.7 Å². The van der Waals surface area contributed by atoms with Crippen molar-refractivity contribution in [1.29, 1.82) is 5.26 Å². The number of nitrogens with zero attached hydrogens (tertiary/aromatic N) is 4. The van der Waals surface area contributed by atoms with Gasteiger partial charge in [0.2, 0.25) is 0 Å². The molecule has 0 atom stereocenters. The van der Waals surface area contributed by atoms with E-state index in [1.807, 2.05) is 6.92 Å². The average molecular weight is 418 g/mol. The summed E-state index contributed by atoms with van der Waals surface area (Å²) in [4.78, 5) is 37.4. The van der Waals surface area contributed by atoms with Crippen molar-refractivity contribution in [3.63, 3.8) is 0 Å². The first-order chi connectivity index (χ1) is 14.8. The Kier molecular flexibility index (Phi) is 5.75. The highest BCUT2D eigenvalue weighted by atomic mass is 16.6. The first-order valence-electron chi connectivity index (χ1n) is 9.15. The zero-order chi connectivity index (χ0) is 22.7. The molecule has 10 nitrogen and oxygen atoms in total. The van der Waals surface area contributed by atoms with Crippen LogP contribution in [0.4, 0.5) is 11.4 Å². The molecule has 0 amide bonds. The normalized spacial score (nSPS) is 12.7. The van der Waals surface area contributed by atoms with Crippen LogP contribution >= 0.6 is 0 Å². The second-order valence-electron chi connectivity index (χ2n) is 6.60. The Labute approximate surface area is 176 Å². The van der Waals surface area contributed by atoms with E-state index in [0.29, 0.717) is 12.0 Å². The van der Waals surface area contributed by atoms with Gasteiger partial charge in [-0.3, -0.25) is 20.2 Å². The van der Waals surface area contributed by atoms with Gasteiger partial charge in [-0.1, -0.05) is 13.3 Å². The lowest BCUT2D eigenvalue weighted by molar-refractivity contribution is -0.385. The van der Waals surface area contributed by atoms with Gasteiger partial charge in [0, 0.05) is 35.4 Å². The fraction of sp³-hybridized carbons (Fsp3) is 0.190. The summed E-state index contributed by atoms with van der Waals surface area (Å²) in [7, 11) is 0. The van der Waals surface area contributed by atoms with Gasteiger partial charge in [-0.2, -0.15) is 0 Å². The van der Waals surface area contributed by atoms with Gasteiger partial charge in [-0.15, -0.1) is 0 Å². The maximum absolute atomic E-state index is 12.8. The van der Waals surface area contributed by atoms with Gasteiger partial charge >= 0.3 is 5.97 Å². The van der Waals surface area contributed by atoms with Gasteiger partial charge in [0.15, 0.2) is 0 Å². The number of hydrogen-bond donors (Lipinski definition) is 0. The van der Waals surface area contributed by atoms with E-state index in [0.717, 1.165) is 18.6 Å². The first kappa shape index (κ1) is 21.1. The number of fused-ring (bicyclic) bond motifs is 3. The number of nitro benzene ring substituents is 2. The minimum absolute atomic E-state index is 0.0116. The highest BCUT2D eigenvalue weighted by Gasteiger charge is 2.34. The third-order valence-electron chi connectivity index (χ3n) is 4.76. The third-order valence-corrected chi connectivity index (χ3v) is 4.76. The number of ether oxygens (including phenoxy) is 1. The molecule has 0 spiro atoms. The number of hydrogen-bond acceptors (Lipinski definition) is 7. The van der Waals surface area contributed by atoms with Crippen molar-refractivity contribution < 1.29 is 19.4 Å². The number of carbonyl (C=O) groups excluding carboxylic acids is 1. The zero-order valence-corrected chi connectivity index (χ0v) is 16.2. The molecule has 0 bridgehead atoms. The molecule has 10 heteroatoms. The van der Waals surface area contributed by atoms with E-state index >= 15 is 0 Å². The minimum Gasteiger partial charge on any atom is -0.462 e.